The molecule has 40 heavy (non-hydrogen) atoms. The molecule has 12 nitrogen and oxygen atoms in total. The van der Waals surface area contributed by atoms with Crippen molar-refractivity contribution in [3.8, 4) is 11.5 Å². The van der Waals surface area contributed by atoms with E-state index in [4.69, 9.17) is 9.47 Å². The molecular formula is C27H25IO12. The number of phenols is 2. The quantitative estimate of drug-likeness (QED) is 0.0937. The highest BCUT2D eigenvalue weighted by Gasteiger charge is 2.51. The number of rotatable bonds is 5. The number of hydrogen-bond acceptors (Lipinski definition) is 12. The van der Waals surface area contributed by atoms with E-state index in [0.717, 1.165) is 0 Å². The molecular weight excluding hydrogens is 643 g/mol. The number of ether oxygens (including phenoxy) is 2. The van der Waals surface area contributed by atoms with Crippen LogP contribution in [0.1, 0.15) is 72.8 Å². The minimum atomic E-state index is -2.31. The first kappa shape index (κ1) is 28.7. The lowest BCUT2D eigenvalue weighted by Gasteiger charge is -2.43. The SMILES string of the molecule is CC1OC(O[C@@H]2C[C@@](O)(C(=O)CO)Cc3c(O)c4c(c(O)c32)C(=O)c2c(C=O)cccc2C4=O)C(I)C(O)C1O. The fourth-order valence-corrected chi connectivity index (χ4v) is 6.41. The Hall–Kier alpha value is -2.79. The Morgan fingerprint density at radius 2 is 1.80 bits per heavy atom. The summed E-state index contributed by atoms with van der Waals surface area (Å²) < 4.78 is 10.9. The third-order valence-corrected chi connectivity index (χ3v) is 9.10. The first-order valence-corrected chi connectivity index (χ1v) is 13.6. The fraction of sp³-hybridized carbons (Fsp3) is 0.407. The largest absolute Gasteiger partial charge is 0.507 e. The highest BCUT2D eigenvalue weighted by Crippen LogP contribution is 2.52. The molecule has 1 heterocycles. The lowest BCUT2D eigenvalue weighted by molar-refractivity contribution is -0.259. The number of Topliss-reactive ketones (excluding diaryl/α,β-unsaturated/α-hetero) is 1. The Balaban J connectivity index is 1.71. The van der Waals surface area contributed by atoms with Crippen LogP contribution in [-0.4, -0.2) is 95.0 Å². The summed E-state index contributed by atoms with van der Waals surface area (Å²) in [7, 11) is 0. The van der Waals surface area contributed by atoms with Crippen molar-refractivity contribution in [2.24, 2.45) is 0 Å². The second-order valence-corrected chi connectivity index (χ2v) is 11.6. The zero-order valence-electron chi connectivity index (χ0n) is 20.9. The van der Waals surface area contributed by atoms with Crippen LogP contribution in [0.25, 0.3) is 0 Å². The third kappa shape index (κ3) is 4.19. The van der Waals surface area contributed by atoms with Gasteiger partial charge in [0.1, 0.15) is 29.8 Å². The van der Waals surface area contributed by atoms with Gasteiger partial charge in [-0.1, -0.05) is 40.8 Å². The zero-order chi connectivity index (χ0) is 29.3. The van der Waals surface area contributed by atoms with Gasteiger partial charge in [-0.15, -0.1) is 0 Å². The minimum Gasteiger partial charge on any atom is -0.507 e. The lowest BCUT2D eigenvalue weighted by atomic mass is 9.71. The highest BCUT2D eigenvalue weighted by atomic mass is 127. The van der Waals surface area contributed by atoms with Gasteiger partial charge in [-0.3, -0.25) is 19.2 Å². The third-order valence-electron chi connectivity index (χ3n) is 7.78. The van der Waals surface area contributed by atoms with Crippen molar-refractivity contribution in [2.45, 2.75) is 60.0 Å². The van der Waals surface area contributed by atoms with E-state index in [-0.39, 0.29) is 27.8 Å². The van der Waals surface area contributed by atoms with Crippen LogP contribution < -0.4 is 0 Å². The number of aliphatic hydroxyl groups excluding tert-OH is 3. The molecule has 2 aliphatic carbocycles. The normalized spacial score (nSPS) is 31.2. The van der Waals surface area contributed by atoms with Gasteiger partial charge in [0.2, 0.25) is 0 Å². The summed E-state index contributed by atoms with van der Waals surface area (Å²) in [4.78, 5) is 51.3. The van der Waals surface area contributed by atoms with Crippen molar-refractivity contribution in [1.29, 1.82) is 0 Å². The molecule has 0 saturated carbocycles. The van der Waals surface area contributed by atoms with Crippen LogP contribution in [0.5, 0.6) is 11.5 Å². The van der Waals surface area contributed by atoms with Crippen LogP contribution in [0, 0.1) is 0 Å². The van der Waals surface area contributed by atoms with Crippen molar-refractivity contribution in [2.75, 3.05) is 6.61 Å². The van der Waals surface area contributed by atoms with Crippen LogP contribution >= 0.6 is 22.6 Å². The molecule has 5 rings (SSSR count). The molecule has 0 amide bonds. The molecule has 7 atom stereocenters. The molecule has 2 aromatic rings. The summed E-state index contributed by atoms with van der Waals surface area (Å²) in [6, 6.07) is 4.00. The van der Waals surface area contributed by atoms with Crippen molar-refractivity contribution < 1.29 is 59.3 Å². The number of fused-ring (bicyclic) bond motifs is 3. The average molecular weight is 668 g/mol. The topological polar surface area (TPSA) is 208 Å². The fourth-order valence-electron chi connectivity index (χ4n) is 5.64. The van der Waals surface area contributed by atoms with E-state index in [1.807, 2.05) is 0 Å². The predicted molar refractivity (Wildman–Crippen MR) is 142 cm³/mol. The maximum absolute atomic E-state index is 13.6. The maximum Gasteiger partial charge on any atom is 0.199 e. The molecule has 0 radical (unpaired) electrons. The van der Waals surface area contributed by atoms with E-state index in [2.05, 4.69) is 0 Å². The van der Waals surface area contributed by atoms with Gasteiger partial charge >= 0.3 is 0 Å². The number of hydrogen-bond donors (Lipinski definition) is 6. The number of ketones is 3. The predicted octanol–water partition coefficient (Wildman–Crippen LogP) is 0.252. The summed E-state index contributed by atoms with van der Waals surface area (Å²) in [6.07, 6.45) is -6.94. The molecule has 0 bridgehead atoms. The van der Waals surface area contributed by atoms with E-state index in [1.54, 1.807) is 22.6 Å². The summed E-state index contributed by atoms with van der Waals surface area (Å²) >= 11 is 1.79. The first-order valence-electron chi connectivity index (χ1n) is 12.3. The number of aliphatic hydroxyl groups is 4. The molecule has 1 aliphatic heterocycles. The van der Waals surface area contributed by atoms with Gasteiger partial charge in [-0.05, 0) is 6.92 Å². The second-order valence-electron chi connectivity index (χ2n) is 10.1. The van der Waals surface area contributed by atoms with Crippen molar-refractivity contribution >= 4 is 46.2 Å². The molecule has 212 valence electrons. The van der Waals surface area contributed by atoms with Crippen molar-refractivity contribution in [1.82, 2.24) is 0 Å². The number of aldehydes is 1. The molecule has 6 N–H and O–H groups in total. The molecule has 5 unspecified atom stereocenters. The van der Waals surface area contributed by atoms with E-state index in [0.29, 0.717) is 6.29 Å². The standard InChI is InChI=1S/C27H25IO12/c1-9-20(32)25(37)19(28)26(39-9)40-13-6-27(38,14(31)8-30)5-12-16(13)24(36)18-17(22(12)34)21(33)11-4-2-3-10(7-29)15(11)23(18)35/h2-4,7,9,13,19-20,25-26,30,32,34,36-38H,5-6,8H2,1H3/t9?,13-,19?,20?,25?,26?,27-/m1/s1. The molecule has 1 saturated heterocycles. The van der Waals surface area contributed by atoms with E-state index < -0.39 is 99.7 Å². The Labute approximate surface area is 240 Å². The Morgan fingerprint density at radius 3 is 2.45 bits per heavy atom. The van der Waals surface area contributed by atoms with Crippen molar-refractivity contribution in [3.05, 3.63) is 57.1 Å². The van der Waals surface area contributed by atoms with Gasteiger partial charge in [0, 0.05) is 40.7 Å². The highest BCUT2D eigenvalue weighted by molar-refractivity contribution is 14.1. The Morgan fingerprint density at radius 1 is 1.12 bits per heavy atom. The van der Waals surface area contributed by atoms with Gasteiger partial charge in [0.25, 0.3) is 0 Å². The summed E-state index contributed by atoms with van der Waals surface area (Å²) in [5.41, 5.74) is -4.44. The van der Waals surface area contributed by atoms with Gasteiger partial charge in [-0.25, -0.2) is 0 Å². The number of benzene rings is 2. The Bertz CT molecular complexity index is 1450. The smallest absolute Gasteiger partial charge is 0.199 e. The van der Waals surface area contributed by atoms with E-state index in [9.17, 15) is 49.8 Å². The maximum atomic E-state index is 13.6. The number of alkyl halides is 1. The van der Waals surface area contributed by atoms with E-state index in [1.165, 1.54) is 25.1 Å². The van der Waals surface area contributed by atoms with Crippen molar-refractivity contribution in [3.63, 3.8) is 0 Å². The molecule has 3 aliphatic rings. The summed E-state index contributed by atoms with van der Waals surface area (Å²) in [6.45, 7) is 0.422. The van der Waals surface area contributed by atoms with Crippen LogP contribution in [0.4, 0.5) is 0 Å². The van der Waals surface area contributed by atoms with Crippen LogP contribution in [0.3, 0.4) is 0 Å². The number of carbonyl (C=O) groups is 4. The van der Waals surface area contributed by atoms with Gasteiger partial charge in [-0.2, -0.15) is 0 Å². The zero-order valence-corrected chi connectivity index (χ0v) is 23.1. The van der Waals surface area contributed by atoms with Crippen LogP contribution in [0.15, 0.2) is 18.2 Å². The van der Waals surface area contributed by atoms with Gasteiger partial charge < -0.3 is 40.1 Å². The molecule has 2 aromatic carbocycles. The molecule has 0 spiro atoms. The number of phenolic OH excluding ortho intramolecular Hbond substituents is 2. The number of aromatic hydroxyl groups is 2. The van der Waals surface area contributed by atoms with Crippen LogP contribution in [0.2, 0.25) is 0 Å². The molecule has 0 aromatic heterocycles. The lowest BCUT2D eigenvalue weighted by Crippen LogP contribution is -2.55. The molecule has 1 fully saturated rings. The minimum absolute atomic E-state index is 0.0984. The van der Waals surface area contributed by atoms with Gasteiger partial charge in [0.15, 0.2) is 29.9 Å². The van der Waals surface area contributed by atoms with E-state index >= 15 is 0 Å². The van der Waals surface area contributed by atoms with Gasteiger partial charge in [0.05, 0.1) is 33.4 Å². The Kier molecular flexibility index (Phi) is 7.35. The number of halogens is 1. The molecule has 13 heteroatoms. The average Bonchev–Trinajstić information content (AvgIpc) is 2.94. The first-order chi connectivity index (χ1) is 18.9. The monoisotopic (exact) mass is 668 g/mol. The summed E-state index contributed by atoms with van der Waals surface area (Å²) in [5, 5.41) is 64.2. The number of carbonyl (C=O) groups excluding carboxylic acids is 4. The second kappa shape index (κ2) is 10.2. The van der Waals surface area contributed by atoms with Crippen LogP contribution in [-0.2, 0) is 20.7 Å². The summed E-state index contributed by atoms with van der Waals surface area (Å²) in [5.74, 6) is -4.32.